The van der Waals surface area contributed by atoms with Crippen molar-refractivity contribution >= 4 is 23.2 Å². The van der Waals surface area contributed by atoms with Gasteiger partial charge in [0.2, 0.25) is 0 Å². The maximum atomic E-state index is 12.0. The summed E-state index contributed by atoms with van der Waals surface area (Å²) in [7, 11) is 0. The molecule has 114 valence electrons. The second-order valence-corrected chi connectivity index (χ2v) is 5.19. The highest BCUT2D eigenvalue weighted by Gasteiger charge is 2.16. The average Bonchev–Trinajstić information content (AvgIpc) is 2.41. The Hall–Kier alpha value is -0.420. The molecule has 1 aromatic rings. The van der Waals surface area contributed by atoms with Gasteiger partial charge in [0, 0.05) is 12.6 Å². The standard InChI is InChI=1S/C14H19Cl2F2NO/c1-2-7-19-12(6-8-20-9-13(17)18)10-4-3-5-11(15)14(10)16/h3-5,12-13,19H,2,6-9H2,1H3. The van der Waals surface area contributed by atoms with Crippen molar-refractivity contribution in [2.75, 3.05) is 19.8 Å². The molecular weight excluding hydrogens is 307 g/mol. The molecule has 1 atom stereocenters. The van der Waals surface area contributed by atoms with Crippen LogP contribution in [0.5, 0.6) is 0 Å². The van der Waals surface area contributed by atoms with Crippen LogP contribution < -0.4 is 5.32 Å². The van der Waals surface area contributed by atoms with E-state index in [1.54, 1.807) is 6.07 Å². The summed E-state index contributed by atoms with van der Waals surface area (Å²) in [6, 6.07) is 5.37. The van der Waals surface area contributed by atoms with E-state index in [0.29, 0.717) is 16.5 Å². The van der Waals surface area contributed by atoms with Crippen LogP contribution in [0.4, 0.5) is 8.78 Å². The first kappa shape index (κ1) is 17.6. The Kier molecular flexibility index (Phi) is 8.38. The second kappa shape index (κ2) is 9.50. The van der Waals surface area contributed by atoms with Gasteiger partial charge in [-0.05, 0) is 31.0 Å². The molecule has 20 heavy (non-hydrogen) atoms. The van der Waals surface area contributed by atoms with Gasteiger partial charge in [0.1, 0.15) is 6.61 Å². The topological polar surface area (TPSA) is 21.3 Å². The van der Waals surface area contributed by atoms with Crippen LogP contribution in [0.25, 0.3) is 0 Å². The first-order valence-electron chi connectivity index (χ1n) is 6.59. The molecule has 0 bridgehead atoms. The minimum Gasteiger partial charge on any atom is -0.375 e. The van der Waals surface area contributed by atoms with Crippen LogP contribution in [-0.4, -0.2) is 26.2 Å². The van der Waals surface area contributed by atoms with Gasteiger partial charge in [-0.3, -0.25) is 0 Å². The molecule has 1 unspecified atom stereocenters. The van der Waals surface area contributed by atoms with Crippen LogP contribution in [0.1, 0.15) is 31.4 Å². The van der Waals surface area contributed by atoms with Gasteiger partial charge in [-0.1, -0.05) is 42.3 Å². The van der Waals surface area contributed by atoms with Gasteiger partial charge in [0.25, 0.3) is 6.43 Å². The van der Waals surface area contributed by atoms with Crippen molar-refractivity contribution < 1.29 is 13.5 Å². The van der Waals surface area contributed by atoms with Crippen molar-refractivity contribution in [3.05, 3.63) is 33.8 Å². The van der Waals surface area contributed by atoms with Crippen LogP contribution in [0.2, 0.25) is 10.0 Å². The smallest absolute Gasteiger partial charge is 0.261 e. The molecule has 1 rings (SSSR count). The zero-order valence-electron chi connectivity index (χ0n) is 11.3. The van der Waals surface area contributed by atoms with Crippen molar-refractivity contribution in [3.8, 4) is 0 Å². The first-order chi connectivity index (χ1) is 9.56. The molecule has 1 N–H and O–H groups in total. The van der Waals surface area contributed by atoms with E-state index in [1.165, 1.54) is 0 Å². The molecule has 0 aliphatic carbocycles. The van der Waals surface area contributed by atoms with Gasteiger partial charge >= 0.3 is 0 Å². The van der Waals surface area contributed by atoms with Gasteiger partial charge in [-0.25, -0.2) is 8.78 Å². The molecular formula is C14H19Cl2F2NO. The molecule has 0 heterocycles. The van der Waals surface area contributed by atoms with E-state index in [1.807, 2.05) is 12.1 Å². The van der Waals surface area contributed by atoms with Crippen molar-refractivity contribution in [1.82, 2.24) is 5.32 Å². The summed E-state index contributed by atoms with van der Waals surface area (Å²) in [5.41, 5.74) is 0.869. The highest BCUT2D eigenvalue weighted by molar-refractivity contribution is 6.42. The summed E-state index contributed by atoms with van der Waals surface area (Å²) in [6.45, 7) is 2.57. The van der Waals surface area contributed by atoms with Crippen LogP contribution in [0, 0.1) is 0 Å². The monoisotopic (exact) mass is 325 g/mol. The van der Waals surface area contributed by atoms with Gasteiger partial charge in [-0.2, -0.15) is 0 Å². The molecule has 0 aliphatic heterocycles. The Bertz CT molecular complexity index is 405. The van der Waals surface area contributed by atoms with E-state index < -0.39 is 13.0 Å². The number of hydrogen-bond donors (Lipinski definition) is 1. The van der Waals surface area contributed by atoms with Crippen LogP contribution in [0.3, 0.4) is 0 Å². The predicted octanol–water partition coefficient (Wildman–Crippen LogP) is 4.71. The minimum absolute atomic E-state index is 0.0566. The number of alkyl halides is 2. The highest BCUT2D eigenvalue weighted by atomic mass is 35.5. The van der Waals surface area contributed by atoms with Gasteiger partial charge < -0.3 is 10.1 Å². The van der Waals surface area contributed by atoms with Crippen LogP contribution >= 0.6 is 23.2 Å². The molecule has 0 fully saturated rings. The van der Waals surface area contributed by atoms with Gasteiger partial charge in [-0.15, -0.1) is 0 Å². The molecule has 1 aromatic carbocycles. The number of ether oxygens (including phenoxy) is 1. The van der Waals surface area contributed by atoms with Crippen molar-refractivity contribution in [3.63, 3.8) is 0 Å². The zero-order valence-corrected chi connectivity index (χ0v) is 12.9. The fourth-order valence-corrected chi connectivity index (χ4v) is 2.29. The Balaban J connectivity index is 2.65. The summed E-state index contributed by atoms with van der Waals surface area (Å²) in [5, 5.41) is 4.32. The number of hydrogen-bond acceptors (Lipinski definition) is 2. The van der Waals surface area contributed by atoms with Crippen LogP contribution in [0.15, 0.2) is 18.2 Å². The third-order valence-corrected chi connectivity index (χ3v) is 3.63. The summed E-state index contributed by atoms with van der Waals surface area (Å²) in [4.78, 5) is 0. The van der Waals surface area contributed by atoms with Gasteiger partial charge in [0.05, 0.1) is 10.0 Å². The quantitative estimate of drug-likeness (QED) is 0.664. The second-order valence-electron chi connectivity index (χ2n) is 4.40. The third kappa shape index (κ3) is 5.92. The maximum Gasteiger partial charge on any atom is 0.261 e. The average molecular weight is 326 g/mol. The Morgan fingerprint density at radius 2 is 2.05 bits per heavy atom. The summed E-state index contributed by atoms with van der Waals surface area (Å²) in [6.07, 6.45) is -0.911. The largest absolute Gasteiger partial charge is 0.375 e. The normalized spacial score (nSPS) is 12.9. The zero-order chi connectivity index (χ0) is 15.0. The summed E-state index contributed by atoms with van der Waals surface area (Å²) in [5.74, 6) is 0. The van der Waals surface area contributed by atoms with E-state index in [4.69, 9.17) is 27.9 Å². The van der Waals surface area contributed by atoms with E-state index in [-0.39, 0.29) is 12.6 Å². The molecule has 0 saturated carbocycles. The molecule has 0 aliphatic rings. The summed E-state index contributed by atoms with van der Waals surface area (Å²) < 4.78 is 29.0. The predicted molar refractivity (Wildman–Crippen MR) is 78.9 cm³/mol. The van der Waals surface area contributed by atoms with Crippen molar-refractivity contribution in [2.45, 2.75) is 32.2 Å². The molecule has 2 nitrogen and oxygen atoms in total. The lowest BCUT2D eigenvalue weighted by molar-refractivity contribution is 0.0144. The Morgan fingerprint density at radius 1 is 1.30 bits per heavy atom. The van der Waals surface area contributed by atoms with Crippen molar-refractivity contribution in [2.24, 2.45) is 0 Å². The first-order valence-corrected chi connectivity index (χ1v) is 7.35. The number of halogens is 4. The van der Waals surface area contributed by atoms with E-state index in [2.05, 4.69) is 12.2 Å². The molecule has 0 amide bonds. The van der Waals surface area contributed by atoms with E-state index >= 15 is 0 Å². The number of benzene rings is 1. The number of nitrogens with one attached hydrogen (secondary N) is 1. The molecule has 0 spiro atoms. The highest BCUT2D eigenvalue weighted by Crippen LogP contribution is 2.31. The lowest BCUT2D eigenvalue weighted by Gasteiger charge is -2.20. The third-order valence-electron chi connectivity index (χ3n) is 2.79. The fraction of sp³-hybridized carbons (Fsp3) is 0.571. The van der Waals surface area contributed by atoms with Gasteiger partial charge in [0.15, 0.2) is 0 Å². The van der Waals surface area contributed by atoms with Crippen LogP contribution in [-0.2, 0) is 4.74 Å². The van der Waals surface area contributed by atoms with Crippen molar-refractivity contribution in [1.29, 1.82) is 0 Å². The minimum atomic E-state index is -2.44. The lowest BCUT2D eigenvalue weighted by Crippen LogP contribution is -2.24. The molecule has 0 saturated heterocycles. The molecule has 0 aromatic heterocycles. The summed E-state index contributed by atoms with van der Waals surface area (Å²) >= 11 is 12.2. The molecule has 0 radical (unpaired) electrons. The van der Waals surface area contributed by atoms with E-state index in [9.17, 15) is 8.78 Å². The lowest BCUT2D eigenvalue weighted by atomic mass is 10.0. The van der Waals surface area contributed by atoms with E-state index in [0.717, 1.165) is 18.5 Å². The Morgan fingerprint density at radius 3 is 2.70 bits per heavy atom. The fourth-order valence-electron chi connectivity index (χ4n) is 1.85. The maximum absolute atomic E-state index is 12.0. The Labute approximate surface area is 128 Å². The SMILES string of the molecule is CCCNC(CCOCC(F)F)c1cccc(Cl)c1Cl. The molecule has 6 heteroatoms. The number of rotatable bonds is 9.